The third-order valence-corrected chi connectivity index (χ3v) is 7.79. The lowest BCUT2D eigenvalue weighted by Gasteiger charge is -2.33. The van der Waals surface area contributed by atoms with Crippen molar-refractivity contribution in [2.24, 2.45) is 0 Å². The molecule has 7 heteroatoms. The molecule has 2 aromatic heterocycles. The molecule has 1 saturated heterocycles. The average molecular weight is 375 g/mol. The standard InChI is InChI=1S/C19H26N4O2S/c1-2-3-12-26(24,25)23-11-9-19(14-23)8-4-7-16-17(21-22-18(16)19)15-6-5-10-20-13-15/h5-6,10,13H,2-4,7-9,11-12,14H2,1H3,(H,21,22)/t19-/m0/s1. The second-order valence-electron chi connectivity index (χ2n) is 7.55. The topological polar surface area (TPSA) is 79.0 Å². The Morgan fingerprint density at radius 3 is 3.00 bits per heavy atom. The molecule has 26 heavy (non-hydrogen) atoms. The normalized spacial score (nSPS) is 23.4. The molecule has 1 fully saturated rings. The zero-order valence-corrected chi connectivity index (χ0v) is 16.1. The van der Waals surface area contributed by atoms with Crippen LogP contribution in [0.5, 0.6) is 0 Å². The van der Waals surface area contributed by atoms with Gasteiger partial charge in [-0.05, 0) is 44.2 Å². The molecule has 0 aromatic carbocycles. The summed E-state index contributed by atoms with van der Waals surface area (Å²) in [5.74, 6) is 0.260. The minimum atomic E-state index is -3.16. The summed E-state index contributed by atoms with van der Waals surface area (Å²) in [6.07, 6.45) is 9.19. The van der Waals surface area contributed by atoms with Gasteiger partial charge in [0.15, 0.2) is 0 Å². The van der Waals surface area contributed by atoms with Gasteiger partial charge in [0.25, 0.3) is 0 Å². The zero-order valence-electron chi connectivity index (χ0n) is 15.2. The predicted octanol–water partition coefficient (Wildman–Crippen LogP) is 2.88. The fourth-order valence-electron chi connectivity index (χ4n) is 4.45. The highest BCUT2D eigenvalue weighted by Crippen LogP contribution is 2.46. The SMILES string of the molecule is CCCCS(=O)(=O)N1CC[C@@]2(CCCc3c(-c4cccnc4)n[nH]c32)C1. The van der Waals surface area contributed by atoms with Crippen molar-refractivity contribution in [1.29, 1.82) is 0 Å². The molecule has 2 aliphatic rings. The minimum absolute atomic E-state index is 0.111. The van der Waals surface area contributed by atoms with Gasteiger partial charge < -0.3 is 0 Å². The Labute approximate surface area is 155 Å². The third-order valence-electron chi connectivity index (χ3n) is 5.88. The number of hydrogen-bond acceptors (Lipinski definition) is 4. The van der Waals surface area contributed by atoms with E-state index in [2.05, 4.69) is 15.2 Å². The first kappa shape index (κ1) is 17.7. The van der Waals surface area contributed by atoms with Crippen LogP contribution in [0.25, 0.3) is 11.3 Å². The van der Waals surface area contributed by atoms with Crippen LogP contribution < -0.4 is 0 Å². The highest BCUT2D eigenvalue weighted by Gasteiger charge is 2.47. The first-order valence-corrected chi connectivity index (χ1v) is 11.1. The fraction of sp³-hybridized carbons (Fsp3) is 0.579. The fourth-order valence-corrected chi connectivity index (χ4v) is 6.18. The number of rotatable bonds is 5. The summed E-state index contributed by atoms with van der Waals surface area (Å²) < 4.78 is 27.0. The first-order valence-electron chi connectivity index (χ1n) is 9.52. The Bertz CT molecular complexity index is 878. The van der Waals surface area contributed by atoms with Gasteiger partial charge in [0.1, 0.15) is 0 Å². The molecule has 1 atom stereocenters. The molecular weight excluding hydrogens is 348 g/mol. The molecule has 0 radical (unpaired) electrons. The second kappa shape index (κ2) is 6.78. The monoisotopic (exact) mass is 374 g/mol. The largest absolute Gasteiger partial charge is 0.281 e. The molecule has 3 heterocycles. The van der Waals surface area contributed by atoms with Crippen molar-refractivity contribution in [3.8, 4) is 11.3 Å². The number of aromatic nitrogens is 3. The third kappa shape index (κ3) is 2.97. The van der Waals surface area contributed by atoms with Gasteiger partial charge in [-0.3, -0.25) is 10.1 Å². The van der Waals surface area contributed by atoms with Crippen molar-refractivity contribution in [2.45, 2.75) is 50.9 Å². The van der Waals surface area contributed by atoms with Crippen LogP contribution >= 0.6 is 0 Å². The van der Waals surface area contributed by atoms with Crippen molar-refractivity contribution < 1.29 is 8.42 Å². The van der Waals surface area contributed by atoms with Crippen LogP contribution in [0.4, 0.5) is 0 Å². The summed E-state index contributed by atoms with van der Waals surface area (Å²) in [6, 6.07) is 3.95. The van der Waals surface area contributed by atoms with Gasteiger partial charge in [-0.1, -0.05) is 13.3 Å². The Hall–Kier alpha value is -1.73. The summed E-state index contributed by atoms with van der Waals surface area (Å²) in [4.78, 5) is 4.21. The van der Waals surface area contributed by atoms with Gasteiger partial charge in [-0.25, -0.2) is 12.7 Å². The Balaban J connectivity index is 1.64. The summed E-state index contributed by atoms with van der Waals surface area (Å²) in [6.45, 7) is 3.23. The molecule has 140 valence electrons. The van der Waals surface area contributed by atoms with Gasteiger partial charge in [0.2, 0.25) is 10.0 Å². The van der Waals surface area contributed by atoms with E-state index >= 15 is 0 Å². The number of sulfonamides is 1. The molecule has 6 nitrogen and oxygen atoms in total. The number of pyridine rings is 1. The van der Waals surface area contributed by atoms with Gasteiger partial charge in [-0.15, -0.1) is 0 Å². The van der Waals surface area contributed by atoms with Crippen LogP contribution in [-0.4, -0.2) is 46.7 Å². The lowest BCUT2D eigenvalue weighted by atomic mass is 9.72. The van der Waals surface area contributed by atoms with E-state index in [1.165, 1.54) is 5.56 Å². The molecule has 0 saturated carbocycles. The molecule has 0 bridgehead atoms. The van der Waals surface area contributed by atoms with E-state index in [-0.39, 0.29) is 11.2 Å². The van der Waals surface area contributed by atoms with Gasteiger partial charge in [-0.2, -0.15) is 5.10 Å². The van der Waals surface area contributed by atoms with Crippen molar-refractivity contribution in [2.75, 3.05) is 18.8 Å². The van der Waals surface area contributed by atoms with Gasteiger partial charge in [0, 0.05) is 47.7 Å². The number of H-pyrrole nitrogens is 1. The average Bonchev–Trinajstić information content (AvgIpc) is 3.27. The molecule has 1 N–H and O–H groups in total. The Morgan fingerprint density at radius 1 is 1.35 bits per heavy atom. The van der Waals surface area contributed by atoms with Crippen molar-refractivity contribution in [3.05, 3.63) is 35.8 Å². The number of nitrogens with one attached hydrogen (secondary N) is 1. The van der Waals surface area contributed by atoms with Crippen LogP contribution in [-0.2, 0) is 21.9 Å². The maximum Gasteiger partial charge on any atom is 0.214 e. The molecular formula is C19H26N4O2S. The number of unbranched alkanes of at least 4 members (excludes halogenated alkanes) is 1. The molecule has 0 amide bonds. The first-order chi connectivity index (χ1) is 12.6. The number of fused-ring (bicyclic) bond motifs is 2. The molecule has 4 rings (SSSR count). The molecule has 1 spiro atoms. The van der Waals surface area contributed by atoms with Crippen LogP contribution in [0.3, 0.4) is 0 Å². The number of hydrogen-bond donors (Lipinski definition) is 1. The van der Waals surface area contributed by atoms with E-state index < -0.39 is 10.0 Å². The van der Waals surface area contributed by atoms with Crippen molar-refractivity contribution in [1.82, 2.24) is 19.5 Å². The summed E-state index contributed by atoms with van der Waals surface area (Å²) >= 11 is 0. The van der Waals surface area contributed by atoms with Gasteiger partial charge in [0.05, 0.1) is 11.4 Å². The van der Waals surface area contributed by atoms with Gasteiger partial charge >= 0.3 is 0 Å². The maximum absolute atomic E-state index is 12.6. The van der Waals surface area contributed by atoms with Crippen LogP contribution in [0.15, 0.2) is 24.5 Å². The summed E-state index contributed by atoms with van der Waals surface area (Å²) in [7, 11) is -3.16. The Kier molecular flexibility index (Phi) is 4.61. The minimum Gasteiger partial charge on any atom is -0.281 e. The number of aromatic amines is 1. The highest BCUT2D eigenvalue weighted by molar-refractivity contribution is 7.89. The van der Waals surface area contributed by atoms with E-state index in [4.69, 9.17) is 0 Å². The smallest absolute Gasteiger partial charge is 0.214 e. The van der Waals surface area contributed by atoms with Crippen LogP contribution in [0, 0.1) is 0 Å². The van der Waals surface area contributed by atoms with Crippen LogP contribution in [0.2, 0.25) is 0 Å². The molecule has 1 aliphatic carbocycles. The number of nitrogens with zero attached hydrogens (tertiary/aromatic N) is 3. The second-order valence-corrected chi connectivity index (χ2v) is 9.64. The lowest BCUT2D eigenvalue weighted by Crippen LogP contribution is -2.37. The Morgan fingerprint density at radius 2 is 2.23 bits per heavy atom. The molecule has 0 unspecified atom stereocenters. The predicted molar refractivity (Wildman–Crippen MR) is 101 cm³/mol. The summed E-state index contributed by atoms with van der Waals surface area (Å²) in [5, 5.41) is 7.86. The van der Waals surface area contributed by atoms with Crippen LogP contribution in [0.1, 0.15) is 50.3 Å². The van der Waals surface area contributed by atoms with E-state index in [9.17, 15) is 8.42 Å². The summed E-state index contributed by atoms with van der Waals surface area (Å²) in [5.41, 5.74) is 4.28. The lowest BCUT2D eigenvalue weighted by molar-refractivity contribution is 0.358. The maximum atomic E-state index is 12.6. The quantitative estimate of drug-likeness (QED) is 0.873. The van der Waals surface area contributed by atoms with E-state index in [1.807, 2.05) is 25.3 Å². The molecule has 2 aromatic rings. The molecule has 1 aliphatic heterocycles. The van der Waals surface area contributed by atoms with E-state index in [0.717, 1.165) is 55.5 Å². The zero-order chi connectivity index (χ0) is 18.2. The highest BCUT2D eigenvalue weighted by atomic mass is 32.2. The van der Waals surface area contributed by atoms with Crippen molar-refractivity contribution >= 4 is 10.0 Å². The van der Waals surface area contributed by atoms with E-state index in [1.54, 1.807) is 10.5 Å². The van der Waals surface area contributed by atoms with Crippen molar-refractivity contribution in [3.63, 3.8) is 0 Å². The van der Waals surface area contributed by atoms with E-state index in [0.29, 0.717) is 13.1 Å².